The smallest absolute Gasteiger partial charge is 0.244 e. The Balaban J connectivity index is 0.00000264. The molecule has 2 rings (SSSR count). The molecule has 0 atom stereocenters. The fourth-order valence-corrected chi connectivity index (χ4v) is 3.97. The van der Waals surface area contributed by atoms with Crippen molar-refractivity contribution in [2.24, 2.45) is 11.7 Å². The summed E-state index contributed by atoms with van der Waals surface area (Å²) in [6.07, 6.45) is 3.48. The van der Waals surface area contributed by atoms with Gasteiger partial charge in [-0.25, -0.2) is 13.1 Å². The summed E-state index contributed by atoms with van der Waals surface area (Å²) >= 11 is 5.96. The molecule has 0 heterocycles. The van der Waals surface area contributed by atoms with E-state index in [4.69, 9.17) is 22.1 Å². The zero-order valence-corrected chi connectivity index (χ0v) is 15.7. The maximum atomic E-state index is 12.6. The Bertz CT molecular complexity index is 632. The molecule has 0 amide bonds. The van der Waals surface area contributed by atoms with Gasteiger partial charge in [0.2, 0.25) is 10.0 Å². The molecule has 5 nitrogen and oxygen atoms in total. The first kappa shape index (κ1) is 20.5. The first-order chi connectivity index (χ1) is 10.2. The second-order valence-electron chi connectivity index (χ2n) is 6.39. The molecule has 1 saturated carbocycles. The van der Waals surface area contributed by atoms with Crippen LogP contribution in [-0.4, -0.2) is 27.1 Å². The second kappa shape index (κ2) is 8.03. The van der Waals surface area contributed by atoms with E-state index in [9.17, 15) is 8.42 Å². The van der Waals surface area contributed by atoms with E-state index in [1.807, 2.05) is 0 Å². The molecular formula is C15H24Cl2N2O3S. The van der Waals surface area contributed by atoms with Crippen molar-refractivity contribution in [2.45, 2.75) is 43.5 Å². The zero-order valence-electron chi connectivity index (χ0n) is 13.3. The monoisotopic (exact) mass is 382 g/mol. The van der Waals surface area contributed by atoms with Gasteiger partial charge >= 0.3 is 0 Å². The van der Waals surface area contributed by atoms with Crippen LogP contribution in [0.2, 0.25) is 5.02 Å². The van der Waals surface area contributed by atoms with Gasteiger partial charge in [-0.05, 0) is 50.8 Å². The van der Waals surface area contributed by atoms with Crippen LogP contribution >= 0.6 is 24.0 Å². The first-order valence-electron chi connectivity index (χ1n) is 7.40. The van der Waals surface area contributed by atoms with E-state index >= 15 is 0 Å². The van der Waals surface area contributed by atoms with Crippen LogP contribution < -0.4 is 15.2 Å². The van der Waals surface area contributed by atoms with E-state index in [1.54, 1.807) is 26.0 Å². The van der Waals surface area contributed by atoms with E-state index in [-0.39, 0.29) is 23.8 Å². The fraction of sp³-hybridized carbons (Fsp3) is 0.600. The van der Waals surface area contributed by atoms with Crippen LogP contribution in [0.5, 0.6) is 5.75 Å². The minimum atomic E-state index is -3.76. The molecule has 0 spiro atoms. The van der Waals surface area contributed by atoms with Crippen LogP contribution in [0.3, 0.4) is 0 Å². The fourth-order valence-electron chi connectivity index (χ4n) is 2.14. The van der Waals surface area contributed by atoms with E-state index in [2.05, 4.69) is 4.72 Å². The molecular weight excluding hydrogens is 359 g/mol. The van der Waals surface area contributed by atoms with Gasteiger partial charge in [-0.1, -0.05) is 18.0 Å². The number of halogens is 2. The summed E-state index contributed by atoms with van der Waals surface area (Å²) in [6, 6.07) is 4.64. The molecule has 1 aliphatic carbocycles. The van der Waals surface area contributed by atoms with Gasteiger partial charge in [-0.15, -0.1) is 12.4 Å². The van der Waals surface area contributed by atoms with Crippen molar-refractivity contribution in [3.8, 4) is 5.75 Å². The largest absolute Gasteiger partial charge is 0.492 e. The summed E-state index contributed by atoms with van der Waals surface area (Å²) in [6.45, 7) is 4.17. The van der Waals surface area contributed by atoms with E-state index < -0.39 is 15.6 Å². The molecule has 3 N–H and O–H groups in total. The number of hydrogen-bond acceptors (Lipinski definition) is 4. The minimum Gasteiger partial charge on any atom is -0.492 e. The van der Waals surface area contributed by atoms with Gasteiger partial charge in [0, 0.05) is 17.1 Å². The van der Waals surface area contributed by atoms with Gasteiger partial charge in [0.15, 0.2) is 0 Å². The van der Waals surface area contributed by atoms with Gasteiger partial charge in [0.25, 0.3) is 0 Å². The second-order valence-corrected chi connectivity index (χ2v) is 8.48. The summed E-state index contributed by atoms with van der Waals surface area (Å²) in [4.78, 5) is 0.0563. The summed E-state index contributed by atoms with van der Waals surface area (Å²) in [5, 5.41) is 0.349. The van der Waals surface area contributed by atoms with Crippen molar-refractivity contribution >= 4 is 34.0 Å². The molecule has 23 heavy (non-hydrogen) atoms. The maximum absolute atomic E-state index is 12.6. The average molecular weight is 383 g/mol. The highest BCUT2D eigenvalue weighted by Gasteiger charge is 2.28. The Morgan fingerprint density at radius 1 is 1.39 bits per heavy atom. The van der Waals surface area contributed by atoms with E-state index in [0.29, 0.717) is 23.3 Å². The van der Waals surface area contributed by atoms with Gasteiger partial charge in [0.05, 0.1) is 6.61 Å². The average Bonchev–Trinajstić information content (AvgIpc) is 2.37. The van der Waals surface area contributed by atoms with Gasteiger partial charge in [0.1, 0.15) is 10.6 Å². The van der Waals surface area contributed by atoms with Crippen molar-refractivity contribution in [3.63, 3.8) is 0 Å². The third-order valence-corrected chi connectivity index (χ3v) is 5.77. The van der Waals surface area contributed by atoms with Crippen molar-refractivity contribution in [2.75, 3.05) is 13.2 Å². The van der Waals surface area contributed by atoms with Crippen LogP contribution in [-0.2, 0) is 10.0 Å². The lowest BCUT2D eigenvalue weighted by molar-refractivity contribution is 0.177. The van der Waals surface area contributed by atoms with Crippen molar-refractivity contribution in [1.29, 1.82) is 0 Å². The quantitative estimate of drug-likeness (QED) is 0.759. The highest BCUT2D eigenvalue weighted by atomic mass is 35.5. The highest BCUT2D eigenvalue weighted by Crippen LogP contribution is 2.31. The topological polar surface area (TPSA) is 81.4 Å². The summed E-state index contributed by atoms with van der Waals surface area (Å²) in [5.74, 6) is 0.844. The molecule has 132 valence electrons. The lowest BCUT2D eigenvalue weighted by Crippen LogP contribution is -2.48. The van der Waals surface area contributed by atoms with E-state index in [1.165, 1.54) is 12.5 Å². The third-order valence-electron chi connectivity index (χ3n) is 3.82. The van der Waals surface area contributed by atoms with Crippen LogP contribution in [0.25, 0.3) is 0 Å². The van der Waals surface area contributed by atoms with Crippen molar-refractivity contribution in [3.05, 3.63) is 23.2 Å². The van der Waals surface area contributed by atoms with Crippen LogP contribution in [0, 0.1) is 5.92 Å². The number of nitrogens with two attached hydrogens (primary N) is 1. The minimum absolute atomic E-state index is 0. The molecule has 0 aromatic heterocycles. The number of hydrogen-bond donors (Lipinski definition) is 2. The normalized spacial score (nSPS) is 15.7. The molecule has 1 aromatic rings. The van der Waals surface area contributed by atoms with Gasteiger partial charge < -0.3 is 10.5 Å². The van der Waals surface area contributed by atoms with Crippen LogP contribution in [0.1, 0.15) is 33.1 Å². The standard InChI is InChI=1S/C15H23ClN2O3S.ClH/c1-15(2,10-17)18-22(19,20)14-8-12(16)6-7-13(14)21-9-11-4-3-5-11;/h6-8,11,18H,3-5,9-10,17H2,1-2H3;1H. The predicted molar refractivity (Wildman–Crippen MR) is 95.0 cm³/mol. The van der Waals surface area contributed by atoms with Crippen molar-refractivity contribution < 1.29 is 13.2 Å². The summed E-state index contributed by atoms with van der Waals surface area (Å²) < 4.78 is 33.5. The maximum Gasteiger partial charge on any atom is 0.244 e. The first-order valence-corrected chi connectivity index (χ1v) is 9.26. The molecule has 0 saturated heterocycles. The Morgan fingerprint density at radius 2 is 2.04 bits per heavy atom. The number of benzene rings is 1. The van der Waals surface area contributed by atoms with Crippen LogP contribution in [0.15, 0.2) is 23.1 Å². The highest BCUT2D eigenvalue weighted by molar-refractivity contribution is 7.89. The molecule has 1 fully saturated rings. The SMILES string of the molecule is CC(C)(CN)NS(=O)(=O)c1cc(Cl)ccc1OCC1CCC1.Cl. The number of rotatable bonds is 7. The lowest BCUT2D eigenvalue weighted by Gasteiger charge is -2.27. The van der Waals surface area contributed by atoms with Crippen LogP contribution in [0.4, 0.5) is 0 Å². The van der Waals surface area contributed by atoms with E-state index in [0.717, 1.165) is 12.8 Å². The number of ether oxygens (including phenoxy) is 1. The Kier molecular flexibility index (Phi) is 7.16. The summed E-state index contributed by atoms with van der Waals surface area (Å²) in [5.41, 5.74) is 4.86. The molecule has 0 aliphatic heterocycles. The molecule has 0 radical (unpaired) electrons. The predicted octanol–water partition coefficient (Wildman–Crippen LogP) is 2.96. The van der Waals surface area contributed by atoms with Gasteiger partial charge in [-0.3, -0.25) is 0 Å². The molecule has 0 unspecified atom stereocenters. The molecule has 0 bridgehead atoms. The lowest BCUT2D eigenvalue weighted by atomic mass is 9.86. The summed E-state index contributed by atoms with van der Waals surface area (Å²) in [7, 11) is -3.76. The molecule has 1 aliphatic rings. The Morgan fingerprint density at radius 3 is 2.57 bits per heavy atom. The third kappa shape index (κ3) is 5.50. The molecule has 1 aromatic carbocycles. The Hall–Kier alpha value is -0.530. The number of sulfonamides is 1. The Labute approximate surface area is 149 Å². The zero-order chi connectivity index (χ0) is 16.4. The van der Waals surface area contributed by atoms with Gasteiger partial charge in [-0.2, -0.15) is 0 Å². The molecule has 8 heteroatoms. The number of nitrogens with one attached hydrogen (secondary N) is 1. The van der Waals surface area contributed by atoms with Crippen molar-refractivity contribution in [1.82, 2.24) is 4.72 Å².